The second-order valence-electron chi connectivity index (χ2n) is 5.52. The summed E-state index contributed by atoms with van der Waals surface area (Å²) in [6.45, 7) is 0.123. The third kappa shape index (κ3) is 3.51. The summed E-state index contributed by atoms with van der Waals surface area (Å²) < 4.78 is 26.4. The van der Waals surface area contributed by atoms with Crippen molar-refractivity contribution < 1.29 is 28.5 Å². The minimum absolute atomic E-state index is 0.123. The summed E-state index contributed by atoms with van der Waals surface area (Å²) >= 11 is 0. The Morgan fingerprint density at radius 1 is 1.00 bits per heavy atom. The molecule has 0 saturated heterocycles. The highest BCUT2D eigenvalue weighted by atomic mass is 16.7. The van der Waals surface area contributed by atoms with Crippen LogP contribution in [0, 0.1) is 11.3 Å². The second-order valence-corrected chi connectivity index (χ2v) is 5.52. The van der Waals surface area contributed by atoms with Gasteiger partial charge < -0.3 is 23.7 Å². The van der Waals surface area contributed by atoms with E-state index in [1.54, 1.807) is 30.3 Å². The van der Waals surface area contributed by atoms with Crippen LogP contribution < -0.4 is 23.7 Å². The number of ether oxygens (including phenoxy) is 5. The fourth-order valence-electron chi connectivity index (χ4n) is 2.68. The molecule has 7 heteroatoms. The van der Waals surface area contributed by atoms with Crippen molar-refractivity contribution in [1.82, 2.24) is 0 Å². The summed E-state index contributed by atoms with van der Waals surface area (Å²) in [5.41, 5.74) is 1.03. The third-order valence-corrected chi connectivity index (χ3v) is 4.03. The van der Waals surface area contributed by atoms with Gasteiger partial charge in [0.2, 0.25) is 12.5 Å². The molecule has 27 heavy (non-hydrogen) atoms. The molecule has 0 amide bonds. The smallest absolute Gasteiger partial charge is 0.231 e. The van der Waals surface area contributed by atoms with Crippen molar-refractivity contribution in [2.75, 3.05) is 28.1 Å². The second kappa shape index (κ2) is 7.70. The number of methoxy groups -OCH3 is 3. The van der Waals surface area contributed by atoms with E-state index >= 15 is 0 Å². The van der Waals surface area contributed by atoms with Gasteiger partial charge in [0.25, 0.3) is 0 Å². The predicted octanol–water partition coefficient (Wildman–Crippen LogP) is 3.23. The van der Waals surface area contributed by atoms with Gasteiger partial charge in [0.15, 0.2) is 28.8 Å². The molecule has 0 fully saturated rings. The van der Waals surface area contributed by atoms with Gasteiger partial charge in [-0.3, -0.25) is 4.79 Å². The van der Waals surface area contributed by atoms with E-state index in [-0.39, 0.29) is 18.1 Å². The number of nitriles is 1. The number of hydrogen-bond donors (Lipinski definition) is 0. The lowest BCUT2D eigenvalue weighted by Crippen LogP contribution is -1.99. The molecular weight excluding hydrogens is 350 g/mol. The Bertz CT molecular complexity index is 932. The molecule has 0 aromatic heterocycles. The Kier molecular flexibility index (Phi) is 5.18. The van der Waals surface area contributed by atoms with Crippen LogP contribution >= 0.6 is 0 Å². The number of carbonyl (C=O) groups excluding carboxylic acids is 1. The highest BCUT2D eigenvalue weighted by Gasteiger charge is 2.18. The van der Waals surface area contributed by atoms with Gasteiger partial charge in [-0.05, 0) is 35.9 Å². The minimum Gasteiger partial charge on any atom is -0.493 e. The van der Waals surface area contributed by atoms with Crippen LogP contribution in [0.1, 0.15) is 15.9 Å². The number of benzene rings is 2. The van der Waals surface area contributed by atoms with E-state index in [0.29, 0.717) is 39.9 Å². The van der Waals surface area contributed by atoms with Crippen LogP contribution in [0.3, 0.4) is 0 Å². The monoisotopic (exact) mass is 367 g/mol. The number of rotatable bonds is 6. The first kappa shape index (κ1) is 18.1. The maximum absolute atomic E-state index is 12.6. The van der Waals surface area contributed by atoms with Crippen LogP contribution in [0.5, 0.6) is 28.7 Å². The molecule has 0 radical (unpaired) electrons. The molecule has 1 heterocycles. The molecule has 3 rings (SSSR count). The molecule has 0 N–H and O–H groups in total. The fourth-order valence-corrected chi connectivity index (χ4v) is 2.68. The largest absolute Gasteiger partial charge is 0.493 e. The van der Waals surface area contributed by atoms with Crippen molar-refractivity contribution in [2.45, 2.75) is 0 Å². The van der Waals surface area contributed by atoms with Crippen molar-refractivity contribution >= 4 is 11.4 Å². The standard InChI is InChI=1S/C20H17NO6/c1-23-18-8-13(9-19(24-2)20(18)25-3)14(10-21)6-15(22)12-4-5-16-17(7-12)27-11-26-16/h4-9H,11H2,1-3H3/b14-6+. The molecule has 0 atom stereocenters. The van der Waals surface area contributed by atoms with Crippen molar-refractivity contribution in [3.8, 4) is 34.8 Å². The van der Waals surface area contributed by atoms with Gasteiger partial charge in [-0.15, -0.1) is 0 Å². The molecule has 0 bridgehead atoms. The van der Waals surface area contributed by atoms with Crippen LogP contribution in [-0.4, -0.2) is 33.9 Å². The quantitative estimate of drug-likeness (QED) is 0.440. The van der Waals surface area contributed by atoms with E-state index < -0.39 is 0 Å². The molecule has 7 nitrogen and oxygen atoms in total. The molecule has 0 unspecified atom stereocenters. The lowest BCUT2D eigenvalue weighted by atomic mass is 10.0. The van der Waals surface area contributed by atoms with Crippen molar-refractivity contribution in [3.05, 3.63) is 47.5 Å². The van der Waals surface area contributed by atoms with Gasteiger partial charge in [-0.2, -0.15) is 5.26 Å². The molecular formula is C20H17NO6. The lowest BCUT2D eigenvalue weighted by molar-refractivity contribution is 0.104. The molecule has 2 aromatic carbocycles. The van der Waals surface area contributed by atoms with Crippen LogP contribution in [0.4, 0.5) is 0 Å². The topological polar surface area (TPSA) is 87.0 Å². The van der Waals surface area contributed by atoms with E-state index in [1.807, 2.05) is 6.07 Å². The van der Waals surface area contributed by atoms with Gasteiger partial charge >= 0.3 is 0 Å². The molecule has 138 valence electrons. The first-order chi connectivity index (χ1) is 13.1. The zero-order valence-corrected chi connectivity index (χ0v) is 15.1. The van der Waals surface area contributed by atoms with E-state index in [4.69, 9.17) is 23.7 Å². The number of fused-ring (bicyclic) bond motifs is 1. The molecule has 1 aliphatic rings. The Labute approximate surface area is 156 Å². The van der Waals surface area contributed by atoms with Gasteiger partial charge in [0.1, 0.15) is 0 Å². The van der Waals surface area contributed by atoms with Crippen LogP contribution in [0.15, 0.2) is 36.4 Å². The van der Waals surface area contributed by atoms with E-state index in [9.17, 15) is 10.1 Å². The van der Waals surface area contributed by atoms with Crippen LogP contribution in [-0.2, 0) is 0 Å². The summed E-state index contributed by atoms with van der Waals surface area (Å²) in [5, 5.41) is 9.56. The van der Waals surface area contributed by atoms with Crippen molar-refractivity contribution in [2.24, 2.45) is 0 Å². The zero-order chi connectivity index (χ0) is 19.4. The molecule has 2 aromatic rings. The van der Waals surface area contributed by atoms with E-state index in [0.717, 1.165) is 0 Å². The van der Waals surface area contributed by atoms with Gasteiger partial charge in [0, 0.05) is 11.6 Å². The SMILES string of the molecule is COc1cc(/C(C#N)=C/C(=O)c2ccc3c(c2)OCO3)cc(OC)c1OC. The van der Waals surface area contributed by atoms with Gasteiger partial charge in [-0.25, -0.2) is 0 Å². The number of carbonyl (C=O) groups is 1. The Morgan fingerprint density at radius 2 is 1.67 bits per heavy atom. The zero-order valence-electron chi connectivity index (χ0n) is 15.1. The van der Waals surface area contributed by atoms with E-state index in [2.05, 4.69) is 0 Å². The average Bonchev–Trinajstić information content (AvgIpc) is 3.18. The van der Waals surface area contributed by atoms with Crippen LogP contribution in [0.25, 0.3) is 5.57 Å². The Hall–Kier alpha value is -3.66. The van der Waals surface area contributed by atoms with Crippen molar-refractivity contribution in [1.29, 1.82) is 5.26 Å². The fraction of sp³-hybridized carbons (Fsp3) is 0.200. The summed E-state index contributed by atoms with van der Waals surface area (Å²) in [7, 11) is 4.45. The summed E-state index contributed by atoms with van der Waals surface area (Å²) in [6.07, 6.45) is 1.26. The first-order valence-corrected chi connectivity index (χ1v) is 7.97. The maximum atomic E-state index is 12.6. The molecule has 0 spiro atoms. The maximum Gasteiger partial charge on any atom is 0.231 e. The normalized spacial score (nSPS) is 12.3. The Balaban J connectivity index is 1.99. The third-order valence-electron chi connectivity index (χ3n) is 4.03. The summed E-state index contributed by atoms with van der Waals surface area (Å²) in [5.74, 6) is 1.94. The minimum atomic E-state index is -0.335. The lowest BCUT2D eigenvalue weighted by Gasteiger charge is -2.13. The highest BCUT2D eigenvalue weighted by molar-refractivity contribution is 6.10. The molecule has 0 aliphatic carbocycles. The first-order valence-electron chi connectivity index (χ1n) is 7.97. The Morgan fingerprint density at radius 3 is 2.26 bits per heavy atom. The molecule has 1 aliphatic heterocycles. The predicted molar refractivity (Wildman–Crippen MR) is 96.6 cm³/mol. The van der Waals surface area contributed by atoms with Gasteiger partial charge in [-0.1, -0.05) is 0 Å². The van der Waals surface area contributed by atoms with Crippen molar-refractivity contribution in [3.63, 3.8) is 0 Å². The molecule has 0 saturated carbocycles. The summed E-state index contributed by atoms with van der Waals surface area (Å²) in [4.78, 5) is 12.6. The van der Waals surface area contributed by atoms with E-state index in [1.165, 1.54) is 27.4 Å². The van der Waals surface area contributed by atoms with Crippen LogP contribution in [0.2, 0.25) is 0 Å². The summed E-state index contributed by atoms with van der Waals surface area (Å²) in [6, 6.07) is 10.1. The van der Waals surface area contributed by atoms with Gasteiger partial charge in [0.05, 0.1) is 33.0 Å². The number of ketones is 1. The number of hydrogen-bond acceptors (Lipinski definition) is 7. The number of nitrogens with zero attached hydrogens (tertiary/aromatic N) is 1. The average molecular weight is 367 g/mol. The highest BCUT2D eigenvalue weighted by Crippen LogP contribution is 2.40. The number of allylic oxidation sites excluding steroid dienone is 2.